The molecular weight excluding hydrogens is 294 g/mol. The summed E-state index contributed by atoms with van der Waals surface area (Å²) in [6.07, 6.45) is 2.46. The fourth-order valence-corrected chi connectivity index (χ4v) is 2.66. The van der Waals surface area contributed by atoms with Crippen molar-refractivity contribution in [1.29, 1.82) is 0 Å². The number of carbonyl (C=O) groups excluding carboxylic acids is 1. The quantitative estimate of drug-likeness (QED) is 0.909. The Labute approximate surface area is 135 Å². The number of nitrogens with zero attached hydrogens (tertiary/aromatic N) is 3. The molecule has 3 rings (SSSR count). The van der Waals surface area contributed by atoms with Gasteiger partial charge in [0.05, 0.1) is 5.52 Å². The minimum atomic E-state index is -0.450. The zero-order valence-corrected chi connectivity index (χ0v) is 13.8. The summed E-state index contributed by atoms with van der Waals surface area (Å²) < 4.78 is 5.41. The molecule has 0 saturated carbocycles. The summed E-state index contributed by atoms with van der Waals surface area (Å²) in [6, 6.07) is 3.82. The van der Waals surface area contributed by atoms with Gasteiger partial charge in [-0.2, -0.15) is 4.98 Å². The number of ether oxygens (including phenoxy) is 1. The van der Waals surface area contributed by atoms with Gasteiger partial charge in [-0.3, -0.25) is 0 Å². The largest absolute Gasteiger partial charge is 0.444 e. The molecule has 1 fully saturated rings. The summed E-state index contributed by atoms with van der Waals surface area (Å²) in [5.41, 5.74) is 1.17. The number of amides is 1. The Balaban J connectivity index is 1.51. The summed E-state index contributed by atoms with van der Waals surface area (Å²) >= 11 is 0. The van der Waals surface area contributed by atoms with Crippen LogP contribution in [0.25, 0.3) is 11.2 Å². The molecule has 7 heteroatoms. The average Bonchev–Trinajstić information content (AvgIpc) is 3.09. The lowest BCUT2D eigenvalue weighted by Crippen LogP contribution is -2.35. The van der Waals surface area contributed by atoms with Gasteiger partial charge < -0.3 is 19.9 Å². The van der Waals surface area contributed by atoms with Crippen molar-refractivity contribution in [2.45, 2.75) is 32.8 Å². The van der Waals surface area contributed by atoms with Gasteiger partial charge in [-0.1, -0.05) is 0 Å². The van der Waals surface area contributed by atoms with Crippen molar-refractivity contribution in [1.82, 2.24) is 19.9 Å². The van der Waals surface area contributed by atoms with Crippen LogP contribution in [0.5, 0.6) is 0 Å². The standard InChI is InChI=1S/C16H23N5O2/c1-16(2,3)23-15(22)21-8-6-11(10-21)9-18-14-19-12-5-4-7-17-13(12)20-14/h4-5,7,11H,6,8-10H2,1-3H3,(H2,17,18,19,20). The number of fused-ring (bicyclic) bond motifs is 1. The number of aromatic nitrogens is 3. The number of rotatable bonds is 3. The van der Waals surface area contributed by atoms with Crippen molar-refractivity contribution < 1.29 is 9.53 Å². The molecule has 7 nitrogen and oxygen atoms in total. The Kier molecular flexibility index (Phi) is 4.11. The average molecular weight is 317 g/mol. The highest BCUT2D eigenvalue weighted by Gasteiger charge is 2.29. The number of anilines is 1. The highest BCUT2D eigenvalue weighted by Crippen LogP contribution is 2.20. The number of imidazole rings is 1. The summed E-state index contributed by atoms with van der Waals surface area (Å²) in [5, 5.41) is 3.30. The molecule has 2 aromatic rings. The third kappa shape index (κ3) is 3.91. The third-order valence-corrected chi connectivity index (χ3v) is 3.75. The first kappa shape index (κ1) is 15.6. The number of hydrogen-bond acceptors (Lipinski definition) is 5. The molecule has 0 radical (unpaired) electrons. The van der Waals surface area contributed by atoms with E-state index in [-0.39, 0.29) is 6.09 Å². The monoisotopic (exact) mass is 317 g/mol. The van der Waals surface area contributed by atoms with Crippen LogP contribution in [0.15, 0.2) is 18.3 Å². The van der Waals surface area contributed by atoms with Crippen LogP contribution in [0.3, 0.4) is 0 Å². The SMILES string of the molecule is CC(C)(C)OC(=O)N1CCC(CNc2nc3ncccc3[nH]2)C1. The summed E-state index contributed by atoms with van der Waals surface area (Å²) in [6.45, 7) is 7.86. The van der Waals surface area contributed by atoms with Gasteiger partial charge in [0.2, 0.25) is 5.95 Å². The van der Waals surface area contributed by atoms with E-state index in [4.69, 9.17) is 4.74 Å². The van der Waals surface area contributed by atoms with Crippen molar-refractivity contribution in [2.75, 3.05) is 25.0 Å². The molecule has 1 atom stereocenters. The zero-order valence-electron chi connectivity index (χ0n) is 13.8. The van der Waals surface area contributed by atoms with E-state index in [9.17, 15) is 4.79 Å². The van der Waals surface area contributed by atoms with Crippen molar-refractivity contribution in [3.63, 3.8) is 0 Å². The second-order valence-corrected chi connectivity index (χ2v) is 6.92. The topological polar surface area (TPSA) is 83.1 Å². The molecule has 0 aliphatic carbocycles. The van der Waals surface area contributed by atoms with Crippen molar-refractivity contribution in [2.24, 2.45) is 5.92 Å². The van der Waals surface area contributed by atoms with E-state index >= 15 is 0 Å². The number of nitrogens with one attached hydrogen (secondary N) is 2. The van der Waals surface area contributed by atoms with E-state index in [1.54, 1.807) is 11.1 Å². The molecule has 1 unspecified atom stereocenters. The van der Waals surface area contributed by atoms with Crippen LogP contribution in [0.1, 0.15) is 27.2 Å². The first-order chi connectivity index (χ1) is 10.9. The zero-order chi connectivity index (χ0) is 16.4. The normalized spacial score (nSPS) is 18.4. The molecule has 23 heavy (non-hydrogen) atoms. The number of likely N-dealkylation sites (tertiary alicyclic amines) is 1. The molecule has 1 aliphatic heterocycles. The fourth-order valence-electron chi connectivity index (χ4n) is 2.66. The Morgan fingerprint density at radius 3 is 3.09 bits per heavy atom. The van der Waals surface area contributed by atoms with Gasteiger partial charge in [-0.15, -0.1) is 0 Å². The first-order valence-corrected chi connectivity index (χ1v) is 7.93. The number of pyridine rings is 1. The molecule has 1 saturated heterocycles. The minimum absolute atomic E-state index is 0.229. The van der Waals surface area contributed by atoms with E-state index in [2.05, 4.69) is 20.3 Å². The lowest BCUT2D eigenvalue weighted by Gasteiger charge is -2.24. The second-order valence-electron chi connectivity index (χ2n) is 6.92. The number of hydrogen-bond donors (Lipinski definition) is 2. The van der Waals surface area contributed by atoms with Crippen LogP contribution in [0.4, 0.5) is 10.7 Å². The van der Waals surface area contributed by atoms with Gasteiger partial charge in [0.1, 0.15) is 5.60 Å². The van der Waals surface area contributed by atoms with Crippen LogP contribution in [0.2, 0.25) is 0 Å². The minimum Gasteiger partial charge on any atom is -0.444 e. The number of carbonyl (C=O) groups is 1. The molecule has 0 spiro atoms. The highest BCUT2D eigenvalue weighted by atomic mass is 16.6. The van der Waals surface area contributed by atoms with Gasteiger partial charge in [0.25, 0.3) is 0 Å². The third-order valence-electron chi connectivity index (χ3n) is 3.75. The van der Waals surface area contributed by atoms with E-state index in [1.807, 2.05) is 32.9 Å². The summed E-state index contributed by atoms with van der Waals surface area (Å²) in [4.78, 5) is 25.6. The predicted octanol–water partition coefficient (Wildman–Crippen LogP) is 2.63. The maximum atomic E-state index is 12.1. The van der Waals surface area contributed by atoms with Gasteiger partial charge in [-0.25, -0.2) is 9.78 Å². The Bertz CT molecular complexity index is 658. The lowest BCUT2D eigenvalue weighted by molar-refractivity contribution is 0.0289. The van der Waals surface area contributed by atoms with Gasteiger partial charge >= 0.3 is 6.09 Å². The highest BCUT2D eigenvalue weighted by molar-refractivity contribution is 5.72. The van der Waals surface area contributed by atoms with Crippen LogP contribution in [-0.2, 0) is 4.74 Å². The molecule has 1 amide bonds. The molecule has 0 aromatic carbocycles. The van der Waals surface area contributed by atoms with Crippen LogP contribution >= 0.6 is 0 Å². The molecule has 0 bridgehead atoms. The van der Waals surface area contributed by atoms with E-state index in [1.165, 1.54) is 0 Å². The molecule has 124 valence electrons. The van der Waals surface area contributed by atoms with Gasteiger partial charge in [0, 0.05) is 25.8 Å². The predicted molar refractivity (Wildman–Crippen MR) is 88.3 cm³/mol. The van der Waals surface area contributed by atoms with E-state index in [0.29, 0.717) is 18.1 Å². The van der Waals surface area contributed by atoms with Gasteiger partial charge in [-0.05, 0) is 45.2 Å². The van der Waals surface area contributed by atoms with Crippen LogP contribution < -0.4 is 5.32 Å². The Morgan fingerprint density at radius 2 is 2.35 bits per heavy atom. The van der Waals surface area contributed by atoms with E-state index < -0.39 is 5.60 Å². The Morgan fingerprint density at radius 1 is 1.52 bits per heavy atom. The second kappa shape index (κ2) is 6.06. The lowest BCUT2D eigenvalue weighted by atomic mass is 10.1. The number of H-pyrrole nitrogens is 1. The maximum absolute atomic E-state index is 12.1. The van der Waals surface area contributed by atoms with Gasteiger partial charge in [0.15, 0.2) is 5.65 Å². The molecular formula is C16H23N5O2. The fraction of sp³-hybridized carbons (Fsp3) is 0.562. The first-order valence-electron chi connectivity index (χ1n) is 7.93. The van der Waals surface area contributed by atoms with Crippen molar-refractivity contribution in [3.05, 3.63) is 18.3 Å². The molecule has 1 aliphatic rings. The maximum Gasteiger partial charge on any atom is 0.410 e. The van der Waals surface area contributed by atoms with Crippen LogP contribution in [-0.4, -0.2) is 51.2 Å². The molecule has 3 heterocycles. The van der Waals surface area contributed by atoms with E-state index in [0.717, 1.165) is 31.0 Å². The van der Waals surface area contributed by atoms with Crippen molar-refractivity contribution in [3.8, 4) is 0 Å². The molecule has 2 aromatic heterocycles. The molecule has 2 N–H and O–H groups in total. The Hall–Kier alpha value is -2.31. The summed E-state index contributed by atoms with van der Waals surface area (Å²) in [5.74, 6) is 1.11. The van der Waals surface area contributed by atoms with Crippen LogP contribution in [0, 0.1) is 5.92 Å². The van der Waals surface area contributed by atoms with Crippen molar-refractivity contribution >= 4 is 23.2 Å². The summed E-state index contributed by atoms with van der Waals surface area (Å²) in [7, 11) is 0. The smallest absolute Gasteiger partial charge is 0.410 e. The number of aromatic amines is 1.